The van der Waals surface area contributed by atoms with Crippen molar-refractivity contribution in [3.05, 3.63) is 85.1 Å². The van der Waals surface area contributed by atoms with Gasteiger partial charge in [0.15, 0.2) is 6.10 Å². The normalized spacial score (nSPS) is 12.7. The third-order valence-electron chi connectivity index (χ3n) is 11.2. The van der Waals surface area contributed by atoms with Crippen LogP contribution < -0.4 is 0 Å². The lowest BCUT2D eigenvalue weighted by Gasteiger charge is -2.18. The molecule has 0 saturated heterocycles. The number of ether oxygens (including phenoxy) is 3. The van der Waals surface area contributed by atoms with E-state index < -0.39 is 6.10 Å². The van der Waals surface area contributed by atoms with Crippen molar-refractivity contribution < 1.29 is 28.6 Å². The van der Waals surface area contributed by atoms with Gasteiger partial charge in [0, 0.05) is 19.3 Å². The molecule has 0 aliphatic carbocycles. The van der Waals surface area contributed by atoms with Crippen LogP contribution in [0.25, 0.3) is 0 Å². The minimum atomic E-state index is -0.808. The molecule has 1 unspecified atom stereocenters. The molecule has 0 saturated carbocycles. The fourth-order valence-electron chi connectivity index (χ4n) is 7.23. The maximum absolute atomic E-state index is 12.8. The Balaban J connectivity index is 4.48. The van der Waals surface area contributed by atoms with E-state index in [9.17, 15) is 14.4 Å². The van der Waals surface area contributed by atoms with Gasteiger partial charge in [-0.05, 0) is 57.8 Å². The highest BCUT2D eigenvalue weighted by molar-refractivity contribution is 5.71. The molecule has 6 nitrogen and oxygen atoms in total. The van der Waals surface area contributed by atoms with Crippen LogP contribution in [0, 0.1) is 0 Å². The number of hydrogen-bond donors (Lipinski definition) is 0. The second-order valence-corrected chi connectivity index (χ2v) is 17.6. The van der Waals surface area contributed by atoms with Gasteiger partial charge in [0.2, 0.25) is 0 Å². The van der Waals surface area contributed by atoms with Gasteiger partial charge in [-0.2, -0.15) is 0 Å². The molecule has 0 spiro atoms. The van der Waals surface area contributed by atoms with Crippen LogP contribution in [0.15, 0.2) is 85.1 Å². The SMILES string of the molecule is CCC\C=C/C=C\C=C/C=C\C=C/CCCCCCCC(=O)OCC(COC(=O)CC/C=C\C/C=C\CCCCCCCC)OC(=O)CCCCCCCCCCCCCCCCC. The summed E-state index contributed by atoms with van der Waals surface area (Å²) >= 11 is 0. The summed E-state index contributed by atoms with van der Waals surface area (Å²) in [5.41, 5.74) is 0. The second kappa shape index (κ2) is 52.2. The first kappa shape index (κ1) is 60.6. The van der Waals surface area contributed by atoms with Crippen molar-refractivity contribution in [3.8, 4) is 0 Å². The fourth-order valence-corrected chi connectivity index (χ4v) is 7.23. The summed E-state index contributed by atoms with van der Waals surface area (Å²) in [7, 11) is 0. The molecule has 0 aromatic rings. The maximum atomic E-state index is 12.8. The predicted octanol–water partition coefficient (Wildman–Crippen LogP) is 17.6. The van der Waals surface area contributed by atoms with Crippen LogP contribution in [0.4, 0.5) is 0 Å². The van der Waals surface area contributed by atoms with E-state index in [4.69, 9.17) is 14.2 Å². The number of esters is 3. The molecule has 0 aliphatic rings. The zero-order chi connectivity index (χ0) is 46.5. The summed E-state index contributed by atoms with van der Waals surface area (Å²) in [6.07, 6.45) is 67.1. The molecule has 0 amide bonds. The standard InChI is InChI=1S/C58H98O6/c1-4-7-10-13-16-19-22-25-27-28-29-31-33-36-39-42-45-48-51-57(60)63-54-55(53-62-56(59)50-47-44-41-38-35-32-24-21-18-15-12-9-6-3)64-58(61)52-49-46-43-40-37-34-30-26-23-20-17-14-11-8-5-2/h10,13,16,19,22,25,27-29,31-32,35,41,44,55H,4-9,11-12,14-15,17-18,20-21,23-24,26,30,33-34,36-40,42-43,45-54H2,1-3H3/b13-10-,19-16-,25-22-,28-27-,31-29-,35-32-,44-41-. The second-order valence-electron chi connectivity index (χ2n) is 17.6. The Morgan fingerprint density at radius 2 is 0.688 bits per heavy atom. The summed E-state index contributed by atoms with van der Waals surface area (Å²) in [6.45, 7) is 6.47. The van der Waals surface area contributed by atoms with Crippen molar-refractivity contribution in [1.82, 2.24) is 0 Å². The van der Waals surface area contributed by atoms with Gasteiger partial charge in [-0.3, -0.25) is 14.4 Å². The molecule has 0 N–H and O–H groups in total. The minimum Gasteiger partial charge on any atom is -0.462 e. The Morgan fingerprint density at radius 3 is 1.16 bits per heavy atom. The predicted molar refractivity (Wildman–Crippen MR) is 274 cm³/mol. The van der Waals surface area contributed by atoms with Crippen LogP contribution in [-0.2, 0) is 28.6 Å². The highest BCUT2D eigenvalue weighted by atomic mass is 16.6. The van der Waals surface area contributed by atoms with Crippen LogP contribution in [0.2, 0.25) is 0 Å². The lowest BCUT2D eigenvalue weighted by atomic mass is 10.0. The summed E-state index contributed by atoms with van der Waals surface area (Å²) in [5.74, 6) is -0.995. The van der Waals surface area contributed by atoms with Gasteiger partial charge in [0.05, 0.1) is 0 Å². The molecule has 1 atom stereocenters. The van der Waals surface area contributed by atoms with E-state index in [2.05, 4.69) is 75.5 Å². The van der Waals surface area contributed by atoms with Crippen molar-refractivity contribution in [3.63, 3.8) is 0 Å². The summed E-state index contributed by atoms with van der Waals surface area (Å²) in [5, 5.41) is 0. The van der Waals surface area contributed by atoms with E-state index in [1.807, 2.05) is 30.4 Å². The van der Waals surface area contributed by atoms with Gasteiger partial charge in [-0.1, -0.05) is 254 Å². The molecule has 0 aromatic carbocycles. The monoisotopic (exact) mass is 891 g/mol. The van der Waals surface area contributed by atoms with Gasteiger partial charge < -0.3 is 14.2 Å². The fraction of sp³-hybridized carbons (Fsp3) is 0.707. The quantitative estimate of drug-likeness (QED) is 0.0199. The van der Waals surface area contributed by atoms with Crippen LogP contribution in [0.3, 0.4) is 0 Å². The third kappa shape index (κ3) is 49.6. The Bertz CT molecular complexity index is 1250. The van der Waals surface area contributed by atoms with Crippen molar-refractivity contribution in [2.45, 2.75) is 252 Å². The van der Waals surface area contributed by atoms with Gasteiger partial charge >= 0.3 is 17.9 Å². The average Bonchev–Trinajstić information content (AvgIpc) is 3.29. The molecular formula is C58H98O6. The van der Waals surface area contributed by atoms with Crippen molar-refractivity contribution in [2.75, 3.05) is 13.2 Å². The van der Waals surface area contributed by atoms with Crippen LogP contribution in [-0.4, -0.2) is 37.2 Å². The lowest BCUT2D eigenvalue weighted by molar-refractivity contribution is -0.166. The Labute approximate surface area is 395 Å². The van der Waals surface area contributed by atoms with Gasteiger partial charge in [-0.25, -0.2) is 0 Å². The van der Waals surface area contributed by atoms with E-state index in [0.29, 0.717) is 19.3 Å². The largest absolute Gasteiger partial charge is 0.462 e. The van der Waals surface area contributed by atoms with Crippen LogP contribution in [0.1, 0.15) is 245 Å². The first-order chi connectivity index (χ1) is 31.5. The van der Waals surface area contributed by atoms with E-state index >= 15 is 0 Å². The third-order valence-corrected chi connectivity index (χ3v) is 11.2. The smallest absolute Gasteiger partial charge is 0.306 e. The molecule has 0 heterocycles. The molecule has 0 fully saturated rings. The summed E-state index contributed by atoms with van der Waals surface area (Å²) in [6, 6.07) is 0. The number of allylic oxidation sites excluding steroid dienone is 14. The maximum Gasteiger partial charge on any atom is 0.306 e. The first-order valence-electron chi connectivity index (χ1n) is 26.7. The number of hydrogen-bond acceptors (Lipinski definition) is 6. The molecule has 0 radical (unpaired) electrons. The Hall–Kier alpha value is -3.41. The first-order valence-corrected chi connectivity index (χ1v) is 26.7. The van der Waals surface area contributed by atoms with E-state index in [1.54, 1.807) is 0 Å². The molecule has 0 aliphatic heterocycles. The molecule has 0 rings (SSSR count). The lowest BCUT2D eigenvalue weighted by Crippen LogP contribution is -2.30. The zero-order valence-electron chi connectivity index (χ0n) is 41.8. The van der Waals surface area contributed by atoms with Crippen molar-refractivity contribution in [2.24, 2.45) is 0 Å². The van der Waals surface area contributed by atoms with E-state index in [-0.39, 0.29) is 37.5 Å². The Morgan fingerprint density at radius 1 is 0.328 bits per heavy atom. The molecule has 0 bridgehead atoms. The van der Waals surface area contributed by atoms with Gasteiger partial charge in [0.1, 0.15) is 13.2 Å². The highest BCUT2D eigenvalue weighted by Crippen LogP contribution is 2.15. The van der Waals surface area contributed by atoms with Crippen molar-refractivity contribution in [1.29, 1.82) is 0 Å². The number of carbonyl (C=O) groups excluding carboxylic acids is 3. The molecular weight excluding hydrogens is 793 g/mol. The molecule has 366 valence electrons. The van der Waals surface area contributed by atoms with Crippen LogP contribution in [0.5, 0.6) is 0 Å². The molecule has 64 heavy (non-hydrogen) atoms. The number of rotatable bonds is 47. The number of carbonyl (C=O) groups is 3. The van der Waals surface area contributed by atoms with Crippen LogP contribution >= 0.6 is 0 Å². The highest BCUT2D eigenvalue weighted by Gasteiger charge is 2.19. The van der Waals surface area contributed by atoms with E-state index in [0.717, 1.165) is 77.0 Å². The number of unbranched alkanes of at least 4 members (excludes halogenated alkanes) is 26. The van der Waals surface area contributed by atoms with Crippen molar-refractivity contribution >= 4 is 17.9 Å². The minimum absolute atomic E-state index is 0.106. The molecule has 0 aromatic heterocycles. The van der Waals surface area contributed by atoms with Gasteiger partial charge in [-0.15, -0.1) is 0 Å². The van der Waals surface area contributed by atoms with Gasteiger partial charge in [0.25, 0.3) is 0 Å². The Kier molecular flexibility index (Phi) is 49.4. The average molecular weight is 891 g/mol. The molecule has 6 heteroatoms. The summed E-state index contributed by atoms with van der Waals surface area (Å²) in [4.78, 5) is 38.0. The van der Waals surface area contributed by atoms with E-state index in [1.165, 1.54) is 122 Å². The zero-order valence-corrected chi connectivity index (χ0v) is 41.8. The summed E-state index contributed by atoms with van der Waals surface area (Å²) < 4.78 is 16.7. The topological polar surface area (TPSA) is 78.9 Å².